The number of aromatic nitrogens is 1. The van der Waals surface area contributed by atoms with E-state index in [9.17, 15) is 14.9 Å². The fourth-order valence-electron chi connectivity index (χ4n) is 2.88. The lowest BCUT2D eigenvalue weighted by Gasteiger charge is -2.13. The fraction of sp³-hybridized carbons (Fsp3) is 0.190. The highest BCUT2D eigenvalue weighted by atomic mass is 32.1. The van der Waals surface area contributed by atoms with E-state index in [0.29, 0.717) is 16.3 Å². The molecule has 0 bridgehead atoms. The van der Waals surface area contributed by atoms with Crippen LogP contribution in [-0.2, 0) is 9.53 Å². The van der Waals surface area contributed by atoms with E-state index in [2.05, 4.69) is 11.4 Å². The Kier molecular flexibility index (Phi) is 5.62. The van der Waals surface area contributed by atoms with Gasteiger partial charge in [-0.2, -0.15) is 5.26 Å². The van der Waals surface area contributed by atoms with E-state index in [1.807, 2.05) is 61.7 Å². The Bertz CT molecular complexity index is 1070. The Morgan fingerprint density at radius 2 is 1.86 bits per heavy atom. The number of carbonyl (C=O) groups is 2. The van der Waals surface area contributed by atoms with Crippen molar-refractivity contribution in [2.45, 2.75) is 20.8 Å². The predicted octanol–water partition coefficient (Wildman–Crippen LogP) is 4.13. The number of esters is 1. The van der Waals surface area contributed by atoms with Crippen molar-refractivity contribution in [2.75, 3.05) is 11.9 Å². The van der Waals surface area contributed by atoms with Crippen molar-refractivity contribution in [1.29, 1.82) is 5.26 Å². The number of benzene rings is 1. The lowest BCUT2D eigenvalue weighted by atomic mass is 10.2. The van der Waals surface area contributed by atoms with Crippen LogP contribution >= 0.6 is 11.3 Å². The molecule has 28 heavy (non-hydrogen) atoms. The molecule has 0 aliphatic heterocycles. The zero-order chi connectivity index (χ0) is 20.3. The van der Waals surface area contributed by atoms with E-state index >= 15 is 0 Å². The number of nitriles is 1. The summed E-state index contributed by atoms with van der Waals surface area (Å²) < 4.78 is 6.91. The molecule has 1 amide bonds. The van der Waals surface area contributed by atoms with Gasteiger partial charge in [0.25, 0.3) is 5.91 Å². The molecule has 7 heteroatoms. The summed E-state index contributed by atoms with van der Waals surface area (Å²) in [6.07, 6.45) is 0. The maximum Gasteiger partial charge on any atom is 0.348 e. The van der Waals surface area contributed by atoms with Crippen molar-refractivity contribution in [3.63, 3.8) is 0 Å². The first-order valence-corrected chi connectivity index (χ1v) is 9.45. The number of hydrogen-bond donors (Lipinski definition) is 1. The van der Waals surface area contributed by atoms with Crippen LogP contribution in [0, 0.1) is 32.1 Å². The summed E-state index contributed by atoms with van der Waals surface area (Å²) in [6.45, 7) is 5.18. The van der Waals surface area contributed by atoms with Gasteiger partial charge in [0.15, 0.2) is 6.61 Å². The highest BCUT2D eigenvalue weighted by Crippen LogP contribution is 2.29. The van der Waals surface area contributed by atoms with Gasteiger partial charge in [-0.25, -0.2) is 4.79 Å². The third-order valence-electron chi connectivity index (χ3n) is 4.37. The van der Waals surface area contributed by atoms with Gasteiger partial charge in [-0.3, -0.25) is 9.36 Å². The number of hydrogen-bond acceptors (Lipinski definition) is 5. The van der Waals surface area contributed by atoms with Crippen molar-refractivity contribution in [3.8, 4) is 11.8 Å². The molecule has 3 rings (SSSR count). The van der Waals surface area contributed by atoms with Crippen LogP contribution in [0.1, 0.15) is 31.4 Å². The van der Waals surface area contributed by atoms with Gasteiger partial charge < -0.3 is 10.1 Å². The number of nitrogens with zero attached hydrogens (tertiary/aromatic N) is 2. The third kappa shape index (κ3) is 3.82. The summed E-state index contributed by atoms with van der Waals surface area (Å²) in [5.74, 6) is -0.677. The zero-order valence-electron chi connectivity index (χ0n) is 15.8. The Morgan fingerprint density at radius 3 is 2.46 bits per heavy atom. The first kappa shape index (κ1) is 19.4. The minimum atomic E-state index is -0.542. The van der Waals surface area contributed by atoms with Crippen LogP contribution in [0.2, 0.25) is 0 Å². The van der Waals surface area contributed by atoms with E-state index in [1.165, 1.54) is 11.3 Å². The Labute approximate surface area is 167 Å². The van der Waals surface area contributed by atoms with Crippen LogP contribution in [0.25, 0.3) is 5.69 Å². The quantitative estimate of drug-likeness (QED) is 0.661. The Morgan fingerprint density at radius 1 is 1.14 bits per heavy atom. The molecule has 0 saturated heterocycles. The van der Waals surface area contributed by atoms with E-state index in [1.54, 1.807) is 6.07 Å². The number of thiophene rings is 1. The smallest absolute Gasteiger partial charge is 0.348 e. The van der Waals surface area contributed by atoms with E-state index in [0.717, 1.165) is 21.8 Å². The topological polar surface area (TPSA) is 84.1 Å². The van der Waals surface area contributed by atoms with Crippen molar-refractivity contribution in [3.05, 3.63) is 69.0 Å². The number of anilines is 1. The molecular formula is C21H19N3O3S. The standard InChI is InChI=1S/C21H19N3O3S/c1-13-9-10-18(28-13)21(26)27-12-19(25)23-20-17(11-22)14(2)15(3)24(20)16-7-5-4-6-8-16/h4-10H,12H2,1-3H3,(H,23,25). The normalized spacial score (nSPS) is 10.4. The highest BCUT2D eigenvalue weighted by Gasteiger charge is 2.21. The zero-order valence-corrected chi connectivity index (χ0v) is 16.6. The van der Waals surface area contributed by atoms with Gasteiger partial charge in [-0.05, 0) is 50.6 Å². The van der Waals surface area contributed by atoms with Crippen LogP contribution in [0.3, 0.4) is 0 Å². The lowest BCUT2D eigenvalue weighted by Crippen LogP contribution is -2.22. The Hall–Kier alpha value is -3.37. The molecule has 0 spiro atoms. The van der Waals surface area contributed by atoms with Crippen molar-refractivity contribution in [2.24, 2.45) is 0 Å². The number of rotatable bonds is 5. The molecule has 0 saturated carbocycles. The molecule has 1 N–H and O–H groups in total. The second kappa shape index (κ2) is 8.11. The van der Waals surface area contributed by atoms with Crippen LogP contribution < -0.4 is 5.32 Å². The van der Waals surface area contributed by atoms with Gasteiger partial charge in [0.05, 0.1) is 5.56 Å². The van der Waals surface area contributed by atoms with Crippen LogP contribution in [-0.4, -0.2) is 23.1 Å². The summed E-state index contributed by atoms with van der Waals surface area (Å²) in [4.78, 5) is 25.9. The first-order valence-electron chi connectivity index (χ1n) is 8.63. The minimum absolute atomic E-state index is 0.372. The monoisotopic (exact) mass is 393 g/mol. The van der Waals surface area contributed by atoms with Crippen molar-refractivity contribution < 1.29 is 14.3 Å². The van der Waals surface area contributed by atoms with Gasteiger partial charge in [-0.1, -0.05) is 18.2 Å². The number of ether oxygens (including phenoxy) is 1. The van der Waals surface area contributed by atoms with E-state index < -0.39 is 18.5 Å². The summed E-state index contributed by atoms with van der Waals surface area (Å²) in [7, 11) is 0. The second-order valence-corrected chi connectivity index (χ2v) is 7.54. The van der Waals surface area contributed by atoms with Crippen molar-refractivity contribution in [1.82, 2.24) is 4.57 Å². The molecule has 142 valence electrons. The van der Waals surface area contributed by atoms with Crippen molar-refractivity contribution >= 4 is 29.0 Å². The lowest BCUT2D eigenvalue weighted by molar-refractivity contribution is -0.119. The molecule has 0 fully saturated rings. The predicted molar refractivity (Wildman–Crippen MR) is 108 cm³/mol. The summed E-state index contributed by atoms with van der Waals surface area (Å²) in [6, 6.07) is 15.1. The molecule has 6 nitrogen and oxygen atoms in total. The number of nitrogens with one attached hydrogen (secondary N) is 1. The molecule has 0 radical (unpaired) electrons. The minimum Gasteiger partial charge on any atom is -0.451 e. The molecule has 0 atom stereocenters. The van der Waals surface area contributed by atoms with Gasteiger partial charge in [0.1, 0.15) is 16.8 Å². The maximum atomic E-state index is 12.4. The molecule has 0 aliphatic rings. The van der Waals surface area contributed by atoms with Gasteiger partial charge in [-0.15, -0.1) is 11.3 Å². The molecule has 1 aromatic carbocycles. The Balaban J connectivity index is 1.81. The second-order valence-electron chi connectivity index (χ2n) is 6.25. The van der Waals surface area contributed by atoms with E-state index in [4.69, 9.17) is 4.74 Å². The molecule has 2 heterocycles. The molecule has 0 aliphatic carbocycles. The highest BCUT2D eigenvalue weighted by molar-refractivity contribution is 7.13. The fourth-order valence-corrected chi connectivity index (χ4v) is 3.64. The van der Waals surface area contributed by atoms with E-state index in [-0.39, 0.29) is 0 Å². The summed E-state index contributed by atoms with van der Waals surface area (Å²) in [5, 5.41) is 12.3. The van der Waals surface area contributed by atoms with Crippen LogP contribution in [0.4, 0.5) is 5.82 Å². The summed E-state index contributed by atoms with van der Waals surface area (Å²) >= 11 is 1.31. The largest absolute Gasteiger partial charge is 0.451 e. The molecule has 2 aromatic heterocycles. The number of aryl methyl sites for hydroxylation is 1. The van der Waals surface area contributed by atoms with Gasteiger partial charge in [0, 0.05) is 16.3 Å². The maximum absolute atomic E-state index is 12.4. The average molecular weight is 393 g/mol. The molecular weight excluding hydrogens is 374 g/mol. The van der Waals surface area contributed by atoms with Crippen LogP contribution in [0.5, 0.6) is 0 Å². The average Bonchev–Trinajstić information content (AvgIpc) is 3.22. The summed E-state index contributed by atoms with van der Waals surface area (Å²) in [5.41, 5.74) is 2.85. The SMILES string of the molecule is Cc1ccc(C(=O)OCC(=O)Nc2c(C#N)c(C)c(C)n2-c2ccccc2)s1. The molecule has 3 aromatic rings. The van der Waals surface area contributed by atoms with Crippen LogP contribution in [0.15, 0.2) is 42.5 Å². The third-order valence-corrected chi connectivity index (χ3v) is 5.35. The number of para-hydroxylation sites is 1. The molecule has 0 unspecified atom stereocenters. The van der Waals surface area contributed by atoms with Gasteiger partial charge in [0.2, 0.25) is 0 Å². The first-order chi connectivity index (χ1) is 13.4. The number of amides is 1. The van der Waals surface area contributed by atoms with Gasteiger partial charge >= 0.3 is 5.97 Å². The number of carbonyl (C=O) groups excluding carboxylic acids is 2.